The molecule has 5 heteroatoms. The molecule has 0 radical (unpaired) electrons. The van der Waals surface area contributed by atoms with E-state index in [-0.39, 0.29) is 11.9 Å². The zero-order chi connectivity index (χ0) is 11.4. The number of hydrogen-bond donors (Lipinski definition) is 2. The number of anilines is 1. The van der Waals surface area contributed by atoms with Crippen LogP contribution in [0.1, 0.15) is 19.3 Å². The average molecular weight is 331 g/mol. The lowest BCUT2D eigenvalue weighted by atomic mass is 10.0. The van der Waals surface area contributed by atoms with Crippen molar-refractivity contribution < 1.29 is 4.79 Å². The predicted octanol–water partition coefficient (Wildman–Crippen LogP) is 1.77. The zero-order valence-corrected chi connectivity index (χ0v) is 11.0. The molecule has 1 aromatic rings. The third-order valence-electron chi connectivity index (χ3n) is 2.62. The van der Waals surface area contributed by atoms with Gasteiger partial charge in [-0.3, -0.25) is 4.79 Å². The summed E-state index contributed by atoms with van der Waals surface area (Å²) in [5, 5.41) is 6.09. The molecular formula is C11H14IN3O. The first kappa shape index (κ1) is 11.8. The molecule has 1 atom stereocenters. The van der Waals surface area contributed by atoms with Crippen LogP contribution in [-0.4, -0.2) is 23.5 Å². The van der Waals surface area contributed by atoms with E-state index in [4.69, 9.17) is 0 Å². The Labute approximate surface area is 108 Å². The molecule has 2 rings (SSSR count). The summed E-state index contributed by atoms with van der Waals surface area (Å²) in [4.78, 5) is 16.0. The van der Waals surface area contributed by atoms with E-state index in [9.17, 15) is 4.79 Å². The molecule has 1 amide bonds. The highest BCUT2D eigenvalue weighted by Crippen LogP contribution is 2.11. The SMILES string of the molecule is O=C(Nc1ccc(I)nc1)C1CCCCN1. The number of hydrogen-bond acceptors (Lipinski definition) is 3. The lowest BCUT2D eigenvalue weighted by molar-refractivity contribution is -0.118. The monoisotopic (exact) mass is 331 g/mol. The second-order valence-corrected chi connectivity index (χ2v) is 4.97. The minimum atomic E-state index is -0.0481. The summed E-state index contributed by atoms with van der Waals surface area (Å²) >= 11 is 2.14. The minimum absolute atomic E-state index is 0.0442. The number of carbonyl (C=O) groups is 1. The van der Waals surface area contributed by atoms with E-state index < -0.39 is 0 Å². The largest absolute Gasteiger partial charge is 0.323 e. The van der Waals surface area contributed by atoms with E-state index in [1.165, 1.54) is 0 Å². The number of carbonyl (C=O) groups excluding carboxylic acids is 1. The number of aromatic nitrogens is 1. The Hall–Kier alpha value is -0.690. The van der Waals surface area contributed by atoms with E-state index in [1.807, 2.05) is 12.1 Å². The van der Waals surface area contributed by atoms with Gasteiger partial charge in [-0.1, -0.05) is 6.42 Å². The number of halogens is 1. The lowest BCUT2D eigenvalue weighted by Crippen LogP contribution is -2.43. The summed E-state index contributed by atoms with van der Waals surface area (Å²) < 4.78 is 0.923. The molecule has 1 aliphatic rings. The molecule has 1 aliphatic heterocycles. The van der Waals surface area contributed by atoms with E-state index in [0.717, 1.165) is 35.2 Å². The second-order valence-electron chi connectivity index (χ2n) is 3.86. The molecular weight excluding hydrogens is 317 g/mol. The molecule has 1 fully saturated rings. The molecule has 86 valence electrons. The molecule has 0 spiro atoms. The van der Waals surface area contributed by atoms with Crippen molar-refractivity contribution in [1.82, 2.24) is 10.3 Å². The molecule has 16 heavy (non-hydrogen) atoms. The van der Waals surface area contributed by atoms with Gasteiger partial charge in [-0.2, -0.15) is 0 Å². The van der Waals surface area contributed by atoms with E-state index in [1.54, 1.807) is 6.20 Å². The van der Waals surface area contributed by atoms with Gasteiger partial charge in [-0.05, 0) is 54.1 Å². The van der Waals surface area contributed by atoms with Crippen LogP contribution < -0.4 is 10.6 Å². The van der Waals surface area contributed by atoms with Crippen molar-refractivity contribution in [2.75, 3.05) is 11.9 Å². The first-order valence-electron chi connectivity index (χ1n) is 5.41. The Kier molecular flexibility index (Phi) is 4.11. The van der Waals surface area contributed by atoms with Gasteiger partial charge in [0.2, 0.25) is 5.91 Å². The zero-order valence-electron chi connectivity index (χ0n) is 8.87. The van der Waals surface area contributed by atoms with Gasteiger partial charge in [-0.25, -0.2) is 4.98 Å². The Balaban J connectivity index is 1.93. The Morgan fingerprint density at radius 3 is 3.00 bits per heavy atom. The number of rotatable bonds is 2. The summed E-state index contributed by atoms with van der Waals surface area (Å²) in [7, 11) is 0. The molecule has 1 saturated heterocycles. The summed E-state index contributed by atoms with van der Waals surface area (Å²) in [6.07, 6.45) is 4.89. The number of nitrogens with zero attached hydrogens (tertiary/aromatic N) is 1. The second kappa shape index (κ2) is 5.58. The minimum Gasteiger partial charge on any atom is -0.323 e. The topological polar surface area (TPSA) is 54.0 Å². The fourth-order valence-corrected chi connectivity index (χ4v) is 2.07. The highest BCUT2D eigenvalue weighted by molar-refractivity contribution is 14.1. The van der Waals surface area contributed by atoms with Crippen molar-refractivity contribution >= 4 is 34.2 Å². The molecule has 0 bridgehead atoms. The van der Waals surface area contributed by atoms with E-state index >= 15 is 0 Å². The summed E-state index contributed by atoms with van der Waals surface area (Å²) in [6, 6.07) is 3.70. The van der Waals surface area contributed by atoms with Crippen LogP contribution in [0.4, 0.5) is 5.69 Å². The number of piperidine rings is 1. The molecule has 4 nitrogen and oxygen atoms in total. The molecule has 2 heterocycles. The van der Waals surface area contributed by atoms with Gasteiger partial charge in [0.25, 0.3) is 0 Å². The van der Waals surface area contributed by atoms with Crippen molar-refractivity contribution in [3.8, 4) is 0 Å². The number of amides is 1. The van der Waals surface area contributed by atoms with Crippen molar-refractivity contribution in [2.24, 2.45) is 0 Å². The smallest absolute Gasteiger partial charge is 0.241 e. The maximum absolute atomic E-state index is 11.8. The first-order chi connectivity index (χ1) is 7.75. The first-order valence-corrected chi connectivity index (χ1v) is 6.49. The summed E-state index contributed by atoms with van der Waals surface area (Å²) in [6.45, 7) is 0.934. The van der Waals surface area contributed by atoms with Crippen molar-refractivity contribution in [3.05, 3.63) is 22.0 Å². The lowest BCUT2D eigenvalue weighted by Gasteiger charge is -2.22. The third-order valence-corrected chi connectivity index (χ3v) is 3.26. The van der Waals surface area contributed by atoms with Gasteiger partial charge >= 0.3 is 0 Å². The number of pyridine rings is 1. The van der Waals surface area contributed by atoms with Gasteiger partial charge in [0, 0.05) is 0 Å². The maximum atomic E-state index is 11.8. The normalized spacial score (nSPS) is 20.4. The van der Waals surface area contributed by atoms with Gasteiger partial charge in [0.1, 0.15) is 3.70 Å². The third kappa shape index (κ3) is 3.15. The van der Waals surface area contributed by atoms with Crippen molar-refractivity contribution in [2.45, 2.75) is 25.3 Å². The van der Waals surface area contributed by atoms with Crippen LogP contribution in [-0.2, 0) is 4.79 Å². The van der Waals surface area contributed by atoms with Crippen LogP contribution >= 0.6 is 22.6 Å². The van der Waals surface area contributed by atoms with E-state index in [2.05, 4.69) is 38.2 Å². The molecule has 0 saturated carbocycles. The standard InChI is InChI=1S/C11H14IN3O/c12-10-5-4-8(7-14-10)15-11(16)9-3-1-2-6-13-9/h4-5,7,9,13H,1-3,6H2,(H,15,16). The quantitative estimate of drug-likeness (QED) is 0.642. The van der Waals surface area contributed by atoms with Gasteiger partial charge in [0.05, 0.1) is 17.9 Å². The van der Waals surface area contributed by atoms with Crippen molar-refractivity contribution in [1.29, 1.82) is 0 Å². The molecule has 0 aliphatic carbocycles. The van der Waals surface area contributed by atoms with Gasteiger partial charge < -0.3 is 10.6 Å². The molecule has 1 unspecified atom stereocenters. The Bertz CT molecular complexity index is 360. The van der Waals surface area contributed by atoms with Gasteiger partial charge in [0.15, 0.2) is 0 Å². The Morgan fingerprint density at radius 1 is 1.50 bits per heavy atom. The summed E-state index contributed by atoms with van der Waals surface area (Å²) in [5.41, 5.74) is 0.762. The van der Waals surface area contributed by atoms with Crippen LogP contribution in [0.2, 0.25) is 0 Å². The molecule has 1 aromatic heterocycles. The maximum Gasteiger partial charge on any atom is 0.241 e. The number of nitrogens with one attached hydrogen (secondary N) is 2. The fourth-order valence-electron chi connectivity index (χ4n) is 1.75. The van der Waals surface area contributed by atoms with Crippen LogP contribution in [0.3, 0.4) is 0 Å². The highest BCUT2D eigenvalue weighted by atomic mass is 127. The molecule has 0 aromatic carbocycles. The van der Waals surface area contributed by atoms with Gasteiger partial charge in [-0.15, -0.1) is 0 Å². The highest BCUT2D eigenvalue weighted by Gasteiger charge is 2.20. The van der Waals surface area contributed by atoms with Crippen LogP contribution in [0.25, 0.3) is 0 Å². The average Bonchev–Trinajstić information content (AvgIpc) is 2.33. The van der Waals surface area contributed by atoms with E-state index in [0.29, 0.717) is 0 Å². The van der Waals surface area contributed by atoms with Crippen LogP contribution in [0, 0.1) is 3.70 Å². The van der Waals surface area contributed by atoms with Crippen LogP contribution in [0.15, 0.2) is 18.3 Å². The summed E-state index contributed by atoms with van der Waals surface area (Å²) in [5.74, 6) is 0.0442. The Morgan fingerprint density at radius 2 is 2.38 bits per heavy atom. The predicted molar refractivity (Wildman–Crippen MR) is 71.2 cm³/mol. The fraction of sp³-hybridized carbons (Fsp3) is 0.455. The molecule has 2 N–H and O–H groups in total. The van der Waals surface area contributed by atoms with Crippen molar-refractivity contribution in [3.63, 3.8) is 0 Å². The van der Waals surface area contributed by atoms with Crippen LogP contribution in [0.5, 0.6) is 0 Å².